The van der Waals surface area contributed by atoms with Gasteiger partial charge < -0.3 is 0 Å². The second-order valence-electron chi connectivity index (χ2n) is 0.500. The Labute approximate surface area is 68.2 Å². The van der Waals surface area contributed by atoms with Crippen LogP contribution in [0.15, 0.2) is 0 Å². The van der Waals surface area contributed by atoms with Crippen LogP contribution in [0.4, 0.5) is 0 Å². The predicted molar refractivity (Wildman–Crippen MR) is 17.7 cm³/mol. The molecule has 0 bridgehead atoms. The number of hydrogen-bond acceptors (Lipinski definition) is 0. The average Bonchev–Trinajstić information content (AvgIpc) is 0.918. The third kappa shape index (κ3) is 25.4. The van der Waals surface area contributed by atoms with Crippen molar-refractivity contribution in [1.82, 2.24) is 0 Å². The maximum atomic E-state index is 2.21. The van der Waals surface area contributed by atoms with E-state index in [1.807, 2.05) is 0 Å². The summed E-state index contributed by atoms with van der Waals surface area (Å²) in [5, 5.41) is 0. The second kappa shape index (κ2) is 16.9. The van der Waals surface area contributed by atoms with Gasteiger partial charge in [0.05, 0.1) is 0 Å². The fraction of sp³-hybridized carbons (Fsp3) is 1.00. The first-order chi connectivity index (χ1) is 1.41. The first-order valence-electron chi connectivity index (χ1n) is 1.21. The molecule has 0 unspecified atom stereocenters. The predicted octanol–water partition coefficient (Wildman–Crippen LogP) is 1.39. The van der Waals surface area contributed by atoms with Crippen LogP contribution in [0.2, 0.25) is 3.93 Å². The van der Waals surface area contributed by atoms with E-state index in [4.69, 9.17) is 0 Å². The van der Waals surface area contributed by atoms with Gasteiger partial charge in [-0.15, -0.1) is 12.4 Å². The third-order valence-corrected chi connectivity index (χ3v) is 0. The van der Waals surface area contributed by atoms with Gasteiger partial charge in [0.2, 0.25) is 0 Å². The molecule has 0 radical (unpaired) electrons. The molecule has 0 aromatic heterocycles. The number of rotatable bonds is 0. The van der Waals surface area contributed by atoms with Crippen molar-refractivity contribution in [3.63, 3.8) is 0 Å². The van der Waals surface area contributed by atoms with Crippen molar-refractivity contribution in [1.29, 1.82) is 0 Å². The standard InChI is InChI=1S/C2H5.ClH.Hg.Zn/c1-2;;;/h1H2,2H3;1H;;. The zero-order chi connectivity index (χ0) is 2.71. The summed E-state index contributed by atoms with van der Waals surface area (Å²) in [5.41, 5.74) is 0. The molecule has 3 heteroatoms. The quantitative estimate of drug-likeness (QED) is 0.589. The second-order valence-corrected chi connectivity index (χ2v) is 4.39. The summed E-state index contributed by atoms with van der Waals surface area (Å²) in [6.07, 6.45) is 0. The smallest absolute Gasteiger partial charge is 0 e. The molecule has 0 heterocycles. The van der Waals surface area contributed by atoms with E-state index in [2.05, 4.69) is 6.92 Å². The molecule has 0 nitrogen and oxygen atoms in total. The van der Waals surface area contributed by atoms with E-state index in [0.717, 1.165) is 26.1 Å². The van der Waals surface area contributed by atoms with Crippen molar-refractivity contribution >= 4 is 12.4 Å². The van der Waals surface area contributed by atoms with Gasteiger partial charge in [-0.2, -0.15) is 0 Å². The Hall–Kier alpha value is 1.85. The van der Waals surface area contributed by atoms with E-state index in [-0.39, 0.29) is 31.9 Å². The minimum Gasteiger partial charge on any atom is -0.147 e. The first kappa shape index (κ1) is 15.8. The Morgan fingerprint density at radius 3 is 1.60 bits per heavy atom. The van der Waals surface area contributed by atoms with E-state index >= 15 is 0 Å². The van der Waals surface area contributed by atoms with Gasteiger partial charge in [0.25, 0.3) is 0 Å². The number of hydrogen-bond donors (Lipinski definition) is 0. The van der Waals surface area contributed by atoms with Gasteiger partial charge in [-0.3, -0.25) is 0 Å². The molecule has 0 atom stereocenters. The zero-order valence-electron chi connectivity index (χ0n) is 3.53. The van der Waals surface area contributed by atoms with E-state index < -0.39 is 0 Å². The SMILES string of the molecule is C[CH2][Hg].Cl.[Zn]. The van der Waals surface area contributed by atoms with Crippen LogP contribution in [-0.2, 0) is 45.6 Å². The fourth-order valence-corrected chi connectivity index (χ4v) is 0. The van der Waals surface area contributed by atoms with Gasteiger partial charge in [-0.05, 0) is 0 Å². The van der Waals surface area contributed by atoms with Crippen molar-refractivity contribution in [2.24, 2.45) is 0 Å². The van der Waals surface area contributed by atoms with Crippen molar-refractivity contribution in [2.75, 3.05) is 0 Å². The molecule has 0 aliphatic rings. The maximum absolute atomic E-state index is 2.21. The summed E-state index contributed by atoms with van der Waals surface area (Å²) in [4.78, 5) is 0. The summed E-state index contributed by atoms with van der Waals surface area (Å²) in [6.45, 7) is 2.21. The van der Waals surface area contributed by atoms with Gasteiger partial charge in [0.1, 0.15) is 0 Å². The van der Waals surface area contributed by atoms with Crippen LogP contribution in [0.3, 0.4) is 0 Å². The zero-order valence-corrected chi connectivity index (χ0v) is 12.8. The van der Waals surface area contributed by atoms with Crippen LogP contribution in [0, 0.1) is 0 Å². The van der Waals surface area contributed by atoms with E-state index in [1.54, 1.807) is 0 Å². The van der Waals surface area contributed by atoms with Crippen LogP contribution in [-0.4, -0.2) is 0 Å². The Kier molecular flexibility index (Phi) is 53.6. The monoisotopic (exact) mass is 331 g/mol. The molecule has 0 aromatic rings. The maximum Gasteiger partial charge on any atom is 0 e. The molecule has 25 valence electrons. The molecule has 0 aromatic carbocycles. The largest absolute Gasteiger partial charge is 0.147 e. The molecule has 0 aliphatic heterocycles. The summed E-state index contributed by atoms with van der Waals surface area (Å²) in [6, 6.07) is 0. The van der Waals surface area contributed by atoms with Gasteiger partial charge in [0, 0.05) is 19.5 Å². The molecular weight excluding hydrogens is 325 g/mol. The Morgan fingerprint density at radius 2 is 1.60 bits per heavy atom. The summed E-state index contributed by atoms with van der Waals surface area (Å²) < 4.78 is 1.44. The van der Waals surface area contributed by atoms with Crippen molar-refractivity contribution in [2.45, 2.75) is 10.9 Å². The molecule has 5 heavy (non-hydrogen) atoms. The molecule has 0 N–H and O–H groups in total. The minimum absolute atomic E-state index is 0. The Balaban J connectivity index is -0.0000000200. The van der Waals surface area contributed by atoms with E-state index in [0.29, 0.717) is 0 Å². The average molecular weight is 332 g/mol. The van der Waals surface area contributed by atoms with Crippen LogP contribution in [0.25, 0.3) is 0 Å². The topological polar surface area (TPSA) is 0 Å². The third-order valence-electron chi connectivity index (χ3n) is 0. The molecule has 0 amide bonds. The molecular formula is C2H6ClHgZn. The van der Waals surface area contributed by atoms with Crippen LogP contribution >= 0.6 is 12.4 Å². The Morgan fingerprint density at radius 1 is 1.60 bits per heavy atom. The van der Waals surface area contributed by atoms with Crippen LogP contribution < -0.4 is 0 Å². The molecule has 0 fully saturated rings. The minimum atomic E-state index is 0. The first-order valence-corrected chi connectivity index (χ1v) is 5.09. The summed E-state index contributed by atoms with van der Waals surface area (Å²) in [7, 11) is 0. The molecule has 0 rings (SSSR count). The fourth-order valence-electron chi connectivity index (χ4n) is 0. The van der Waals surface area contributed by atoms with Crippen LogP contribution in [0.1, 0.15) is 6.92 Å². The van der Waals surface area contributed by atoms with Crippen molar-refractivity contribution in [3.8, 4) is 0 Å². The van der Waals surface area contributed by atoms with E-state index in [1.165, 1.54) is 3.93 Å². The van der Waals surface area contributed by atoms with Gasteiger partial charge >= 0.3 is 37.0 Å². The molecule has 0 saturated carbocycles. The normalized spacial score (nSPS) is 3.80. The van der Waals surface area contributed by atoms with Gasteiger partial charge in [-0.25, -0.2) is 0 Å². The van der Waals surface area contributed by atoms with Crippen molar-refractivity contribution in [3.05, 3.63) is 0 Å². The van der Waals surface area contributed by atoms with E-state index in [9.17, 15) is 0 Å². The molecule has 0 aliphatic carbocycles. The molecule has 0 saturated heterocycles. The summed E-state index contributed by atoms with van der Waals surface area (Å²) in [5.74, 6) is 0. The summed E-state index contributed by atoms with van der Waals surface area (Å²) >= 11 is 1.07. The van der Waals surface area contributed by atoms with Crippen molar-refractivity contribution < 1.29 is 45.6 Å². The van der Waals surface area contributed by atoms with Crippen LogP contribution in [0.5, 0.6) is 0 Å². The van der Waals surface area contributed by atoms with Gasteiger partial charge in [0.15, 0.2) is 0 Å². The van der Waals surface area contributed by atoms with Gasteiger partial charge in [-0.1, -0.05) is 0 Å². The molecule has 0 spiro atoms. The number of halogens is 1. The Bertz CT molecular complexity index is 9.61.